The summed E-state index contributed by atoms with van der Waals surface area (Å²) in [6, 6.07) is 4.77. The molecule has 0 atom stereocenters. The minimum Gasteiger partial charge on any atom is -0.478 e. The van der Waals surface area contributed by atoms with Crippen LogP contribution in [0.1, 0.15) is 10.4 Å². The van der Waals surface area contributed by atoms with Gasteiger partial charge in [0, 0.05) is 28.9 Å². The molecule has 0 amide bonds. The van der Waals surface area contributed by atoms with E-state index < -0.39 is 5.97 Å². The second-order valence-corrected chi connectivity index (χ2v) is 3.82. The van der Waals surface area contributed by atoms with Crippen molar-refractivity contribution >= 4 is 39.8 Å². The normalized spacial score (nSPS) is 10.1. The minimum absolute atomic E-state index is 0.123. The van der Waals surface area contributed by atoms with Gasteiger partial charge < -0.3 is 16.2 Å². The van der Waals surface area contributed by atoms with Gasteiger partial charge in [0.1, 0.15) is 0 Å². The molecule has 6 heteroatoms. The Hall–Kier alpha value is -2.21. The maximum atomic E-state index is 11.1. The molecular formula is C11H9N3O2S. The van der Waals surface area contributed by atoms with E-state index in [4.69, 9.17) is 23.1 Å². The van der Waals surface area contributed by atoms with Crippen LogP contribution >= 0.6 is 12.2 Å². The lowest BCUT2D eigenvalue weighted by molar-refractivity contribution is 0.0699. The number of rotatable bonds is 2. The van der Waals surface area contributed by atoms with Crippen molar-refractivity contribution in [3.8, 4) is 0 Å². The summed E-state index contributed by atoms with van der Waals surface area (Å²) in [4.78, 5) is 15.0. The van der Waals surface area contributed by atoms with E-state index in [1.807, 2.05) is 0 Å². The van der Waals surface area contributed by atoms with E-state index in [0.717, 1.165) is 0 Å². The Morgan fingerprint density at radius 2 is 2.12 bits per heavy atom. The largest absolute Gasteiger partial charge is 0.478 e. The van der Waals surface area contributed by atoms with E-state index in [2.05, 4.69) is 10.3 Å². The highest BCUT2D eigenvalue weighted by molar-refractivity contribution is 7.80. The molecule has 0 aliphatic heterocycles. The summed E-state index contributed by atoms with van der Waals surface area (Å²) >= 11 is 4.75. The zero-order valence-electron chi connectivity index (χ0n) is 8.68. The SMILES string of the molecule is NC(=S)Nc1ccc(C(=O)O)c2ccncc12. The fraction of sp³-hybridized carbons (Fsp3) is 0. The minimum atomic E-state index is -0.983. The Morgan fingerprint density at radius 3 is 2.76 bits per heavy atom. The van der Waals surface area contributed by atoms with Crippen LogP contribution in [0.3, 0.4) is 0 Å². The smallest absolute Gasteiger partial charge is 0.336 e. The summed E-state index contributed by atoms with van der Waals surface area (Å²) in [5.41, 5.74) is 6.26. The average molecular weight is 247 g/mol. The molecular weight excluding hydrogens is 238 g/mol. The number of thiocarbonyl (C=S) groups is 1. The monoisotopic (exact) mass is 247 g/mol. The first-order valence-electron chi connectivity index (χ1n) is 4.76. The molecule has 4 N–H and O–H groups in total. The number of hydrogen-bond donors (Lipinski definition) is 3. The van der Waals surface area contributed by atoms with E-state index in [0.29, 0.717) is 16.5 Å². The van der Waals surface area contributed by atoms with E-state index in [9.17, 15) is 4.79 Å². The van der Waals surface area contributed by atoms with Crippen LogP contribution in [0.2, 0.25) is 0 Å². The number of fused-ring (bicyclic) bond motifs is 1. The highest BCUT2D eigenvalue weighted by atomic mass is 32.1. The molecule has 2 aromatic rings. The number of nitrogens with one attached hydrogen (secondary N) is 1. The van der Waals surface area contributed by atoms with Crippen LogP contribution in [0.4, 0.5) is 5.69 Å². The number of hydrogen-bond acceptors (Lipinski definition) is 3. The van der Waals surface area contributed by atoms with Crippen molar-refractivity contribution in [1.29, 1.82) is 0 Å². The predicted molar refractivity (Wildman–Crippen MR) is 69.1 cm³/mol. The Kier molecular flexibility index (Phi) is 2.88. The topological polar surface area (TPSA) is 88.2 Å². The third-order valence-electron chi connectivity index (χ3n) is 2.31. The first-order chi connectivity index (χ1) is 8.09. The summed E-state index contributed by atoms with van der Waals surface area (Å²) in [6.07, 6.45) is 3.11. The van der Waals surface area contributed by atoms with Gasteiger partial charge in [-0.2, -0.15) is 0 Å². The molecule has 0 unspecified atom stereocenters. The molecule has 2 rings (SSSR count). The van der Waals surface area contributed by atoms with E-state index in [1.54, 1.807) is 24.5 Å². The van der Waals surface area contributed by atoms with Crippen molar-refractivity contribution in [2.75, 3.05) is 5.32 Å². The molecule has 0 saturated heterocycles. The zero-order chi connectivity index (χ0) is 12.4. The van der Waals surface area contributed by atoms with E-state index in [1.165, 1.54) is 6.07 Å². The second-order valence-electron chi connectivity index (χ2n) is 3.38. The molecule has 0 aliphatic rings. The number of carbonyl (C=O) groups is 1. The lowest BCUT2D eigenvalue weighted by Gasteiger charge is -2.09. The number of carboxylic acid groups (broad SMARTS) is 1. The highest BCUT2D eigenvalue weighted by Crippen LogP contribution is 2.25. The van der Waals surface area contributed by atoms with Crippen molar-refractivity contribution in [3.05, 3.63) is 36.2 Å². The maximum Gasteiger partial charge on any atom is 0.336 e. The van der Waals surface area contributed by atoms with Crippen molar-refractivity contribution in [1.82, 2.24) is 4.98 Å². The standard InChI is InChI=1S/C11H9N3O2S/c12-11(17)14-9-2-1-7(10(15)16)6-3-4-13-5-8(6)9/h1-5H,(H,15,16)(H3,12,14,17). The van der Waals surface area contributed by atoms with E-state index >= 15 is 0 Å². The Morgan fingerprint density at radius 1 is 1.35 bits per heavy atom. The van der Waals surface area contributed by atoms with Crippen LogP contribution in [0.5, 0.6) is 0 Å². The Balaban J connectivity index is 2.70. The second kappa shape index (κ2) is 4.34. The highest BCUT2D eigenvalue weighted by Gasteiger charge is 2.11. The van der Waals surface area contributed by atoms with Crippen LogP contribution in [-0.2, 0) is 0 Å². The number of nitrogens with zero attached hydrogens (tertiary/aromatic N) is 1. The lowest BCUT2D eigenvalue weighted by Crippen LogP contribution is -2.19. The number of nitrogens with two attached hydrogens (primary N) is 1. The van der Waals surface area contributed by atoms with Crippen molar-refractivity contribution in [2.45, 2.75) is 0 Å². The van der Waals surface area contributed by atoms with Crippen LogP contribution in [0.15, 0.2) is 30.6 Å². The molecule has 0 bridgehead atoms. The van der Waals surface area contributed by atoms with Gasteiger partial charge in [0.25, 0.3) is 0 Å². The van der Waals surface area contributed by atoms with Gasteiger partial charge in [0.05, 0.1) is 5.56 Å². The number of pyridine rings is 1. The van der Waals surface area contributed by atoms with Crippen LogP contribution in [0.25, 0.3) is 10.8 Å². The fourth-order valence-corrected chi connectivity index (χ4v) is 1.73. The molecule has 0 spiro atoms. The number of benzene rings is 1. The molecule has 0 radical (unpaired) electrons. The number of anilines is 1. The molecule has 5 nitrogen and oxygen atoms in total. The summed E-state index contributed by atoms with van der Waals surface area (Å²) < 4.78 is 0. The molecule has 1 heterocycles. The van der Waals surface area contributed by atoms with Gasteiger partial charge >= 0.3 is 5.97 Å². The lowest BCUT2D eigenvalue weighted by atomic mass is 10.1. The quantitative estimate of drug-likeness (QED) is 0.698. The van der Waals surface area contributed by atoms with E-state index in [-0.39, 0.29) is 10.7 Å². The number of carboxylic acids is 1. The molecule has 1 aromatic carbocycles. The van der Waals surface area contributed by atoms with Crippen molar-refractivity contribution in [3.63, 3.8) is 0 Å². The fourth-order valence-electron chi connectivity index (χ4n) is 1.62. The first-order valence-corrected chi connectivity index (χ1v) is 5.17. The number of aromatic nitrogens is 1. The van der Waals surface area contributed by atoms with Gasteiger partial charge in [0.2, 0.25) is 0 Å². The number of aromatic carboxylic acids is 1. The third-order valence-corrected chi connectivity index (χ3v) is 2.41. The van der Waals surface area contributed by atoms with Gasteiger partial charge in [-0.15, -0.1) is 0 Å². The molecule has 0 saturated carbocycles. The maximum absolute atomic E-state index is 11.1. The van der Waals surface area contributed by atoms with Crippen LogP contribution in [-0.4, -0.2) is 21.2 Å². The Bertz CT molecular complexity index is 613. The molecule has 1 aromatic heterocycles. The Labute approximate surface area is 102 Å². The molecule has 17 heavy (non-hydrogen) atoms. The van der Waals surface area contributed by atoms with Gasteiger partial charge in [-0.05, 0) is 30.4 Å². The van der Waals surface area contributed by atoms with Gasteiger partial charge in [-0.25, -0.2) is 4.79 Å². The van der Waals surface area contributed by atoms with Gasteiger partial charge in [0.15, 0.2) is 5.11 Å². The molecule has 86 valence electrons. The average Bonchev–Trinajstić information content (AvgIpc) is 2.28. The van der Waals surface area contributed by atoms with Crippen molar-refractivity contribution in [2.24, 2.45) is 5.73 Å². The zero-order valence-corrected chi connectivity index (χ0v) is 9.49. The first kappa shape index (κ1) is 11.3. The summed E-state index contributed by atoms with van der Waals surface area (Å²) in [6.45, 7) is 0. The van der Waals surface area contributed by atoms with Crippen LogP contribution < -0.4 is 11.1 Å². The molecule has 0 fully saturated rings. The summed E-state index contributed by atoms with van der Waals surface area (Å²) in [5, 5.41) is 13.2. The predicted octanol–water partition coefficient (Wildman–Crippen LogP) is 1.59. The van der Waals surface area contributed by atoms with Crippen LogP contribution in [0, 0.1) is 0 Å². The molecule has 0 aliphatic carbocycles. The van der Waals surface area contributed by atoms with Gasteiger partial charge in [-0.1, -0.05) is 0 Å². The third kappa shape index (κ3) is 2.16. The van der Waals surface area contributed by atoms with Gasteiger partial charge in [-0.3, -0.25) is 4.98 Å². The van der Waals surface area contributed by atoms with Crippen molar-refractivity contribution < 1.29 is 9.90 Å². The summed E-state index contributed by atoms with van der Waals surface area (Å²) in [7, 11) is 0. The summed E-state index contributed by atoms with van der Waals surface area (Å²) in [5.74, 6) is -0.983.